The number of amides is 1. The molecule has 14 heteroatoms. The van der Waals surface area contributed by atoms with Crippen molar-refractivity contribution in [3.05, 3.63) is 60.0 Å². The minimum absolute atomic E-state index is 0.0953. The van der Waals surface area contributed by atoms with Crippen LogP contribution in [0.25, 0.3) is 11.1 Å². The zero-order chi connectivity index (χ0) is 28.1. The summed E-state index contributed by atoms with van der Waals surface area (Å²) in [4.78, 5) is 21.0. The van der Waals surface area contributed by atoms with Crippen LogP contribution in [0.3, 0.4) is 0 Å². The van der Waals surface area contributed by atoms with E-state index in [1.54, 1.807) is 6.07 Å². The molecule has 0 atom stereocenters. The predicted molar refractivity (Wildman–Crippen MR) is 134 cm³/mol. The van der Waals surface area contributed by atoms with Gasteiger partial charge in [0.05, 0.1) is 25.8 Å². The number of methoxy groups -OCH3 is 1. The molecule has 2 aliphatic rings. The molecule has 6 rings (SSSR count). The normalized spacial score (nSPS) is 16.0. The molecule has 2 aliphatic carbocycles. The molecule has 2 saturated carbocycles. The molecular weight excluding hydrogens is 534 g/mol. The molecule has 0 radical (unpaired) electrons. The Hall–Kier alpha value is -4.49. The van der Waals surface area contributed by atoms with E-state index in [9.17, 15) is 22.4 Å². The maximum absolute atomic E-state index is 14.8. The average Bonchev–Trinajstić information content (AvgIpc) is 3.85. The van der Waals surface area contributed by atoms with Crippen LogP contribution in [0.1, 0.15) is 43.0 Å². The van der Waals surface area contributed by atoms with Gasteiger partial charge in [0, 0.05) is 24.0 Å². The number of ether oxygens (including phenoxy) is 1. The Morgan fingerprint density at radius 2 is 1.93 bits per heavy atom. The molecule has 1 amide bonds. The van der Waals surface area contributed by atoms with Crippen LogP contribution in [0.4, 0.5) is 35.0 Å². The van der Waals surface area contributed by atoms with Gasteiger partial charge in [-0.05, 0) is 42.9 Å². The Morgan fingerprint density at radius 1 is 1.18 bits per heavy atom. The molecule has 3 heterocycles. The zero-order valence-corrected chi connectivity index (χ0v) is 21.1. The molecule has 2 fully saturated rings. The van der Waals surface area contributed by atoms with E-state index >= 15 is 0 Å². The highest BCUT2D eigenvalue weighted by atomic mass is 19.4. The molecule has 10 nitrogen and oxygen atoms in total. The van der Waals surface area contributed by atoms with Gasteiger partial charge in [-0.25, -0.2) is 14.4 Å². The highest BCUT2D eigenvalue weighted by molar-refractivity contribution is 5.91. The number of carbonyl (C=O) groups excluding carboxylic acids is 1. The lowest BCUT2D eigenvalue weighted by atomic mass is 10.0. The fraction of sp³-hybridized carbons (Fsp3) is 0.346. The van der Waals surface area contributed by atoms with Crippen LogP contribution in [0, 0.1) is 5.82 Å². The number of halogens is 4. The van der Waals surface area contributed by atoms with Gasteiger partial charge in [0.15, 0.2) is 11.6 Å². The molecule has 4 aromatic rings. The van der Waals surface area contributed by atoms with Gasteiger partial charge in [-0.15, -0.1) is 5.10 Å². The SMILES string of the molecule is COc1nn(C2CC2)cc1Nc1ncc(-c2ccc(CC(=O)Nc3cc(C4(C(F)(F)F)CC4)on3)c(F)c2)cn1. The minimum Gasteiger partial charge on any atom is -0.478 e. The van der Waals surface area contributed by atoms with Crippen molar-refractivity contribution in [2.45, 2.75) is 49.7 Å². The van der Waals surface area contributed by atoms with Gasteiger partial charge in [-0.1, -0.05) is 17.3 Å². The quantitative estimate of drug-likeness (QED) is 0.265. The summed E-state index contributed by atoms with van der Waals surface area (Å²) in [6, 6.07) is 5.76. The number of carbonyl (C=O) groups is 1. The van der Waals surface area contributed by atoms with E-state index in [-0.39, 0.29) is 36.4 Å². The van der Waals surface area contributed by atoms with E-state index in [1.165, 1.54) is 31.6 Å². The minimum atomic E-state index is -4.46. The molecule has 0 spiro atoms. The van der Waals surface area contributed by atoms with Crippen molar-refractivity contribution >= 4 is 23.4 Å². The second kappa shape index (κ2) is 9.61. The second-order valence-electron chi connectivity index (χ2n) is 9.87. The topological polar surface area (TPSA) is 120 Å². The van der Waals surface area contributed by atoms with Gasteiger partial charge in [0.1, 0.15) is 16.9 Å². The lowest BCUT2D eigenvalue weighted by molar-refractivity contribution is -0.165. The summed E-state index contributed by atoms with van der Waals surface area (Å²) >= 11 is 0. The first-order valence-electron chi connectivity index (χ1n) is 12.5. The third-order valence-electron chi connectivity index (χ3n) is 6.99. The first-order chi connectivity index (χ1) is 19.1. The number of alkyl halides is 3. The number of aromatic nitrogens is 5. The number of nitrogens with zero attached hydrogens (tertiary/aromatic N) is 5. The van der Waals surface area contributed by atoms with Crippen molar-refractivity contribution in [2.75, 3.05) is 17.7 Å². The van der Waals surface area contributed by atoms with Crippen LogP contribution < -0.4 is 15.4 Å². The summed E-state index contributed by atoms with van der Waals surface area (Å²) < 4.78 is 66.6. The Bertz CT molecular complexity index is 1560. The van der Waals surface area contributed by atoms with Crippen molar-refractivity contribution in [1.82, 2.24) is 24.9 Å². The average molecular weight is 558 g/mol. The Labute approximate surface area is 224 Å². The summed E-state index contributed by atoms with van der Waals surface area (Å²) in [5.41, 5.74) is -0.275. The summed E-state index contributed by atoms with van der Waals surface area (Å²) in [5, 5.41) is 13.3. The molecule has 3 aromatic heterocycles. The molecule has 208 valence electrons. The number of anilines is 3. The van der Waals surface area contributed by atoms with E-state index < -0.39 is 23.3 Å². The van der Waals surface area contributed by atoms with Gasteiger partial charge < -0.3 is 19.9 Å². The van der Waals surface area contributed by atoms with E-state index in [0.717, 1.165) is 18.9 Å². The van der Waals surface area contributed by atoms with Crippen LogP contribution in [0.5, 0.6) is 5.88 Å². The van der Waals surface area contributed by atoms with Crippen LogP contribution in [0.15, 0.2) is 47.4 Å². The Kier molecular flexibility index (Phi) is 6.19. The third kappa shape index (κ3) is 4.96. The number of hydrogen-bond acceptors (Lipinski definition) is 8. The van der Waals surface area contributed by atoms with Crippen LogP contribution in [-0.2, 0) is 16.6 Å². The van der Waals surface area contributed by atoms with Crippen molar-refractivity contribution in [1.29, 1.82) is 0 Å². The van der Waals surface area contributed by atoms with Crippen molar-refractivity contribution in [3.8, 4) is 17.0 Å². The largest absolute Gasteiger partial charge is 0.478 e. The monoisotopic (exact) mass is 557 g/mol. The molecule has 0 bridgehead atoms. The highest BCUT2D eigenvalue weighted by Crippen LogP contribution is 2.59. The van der Waals surface area contributed by atoms with E-state index in [1.807, 2.05) is 10.9 Å². The molecule has 0 aliphatic heterocycles. The summed E-state index contributed by atoms with van der Waals surface area (Å²) in [7, 11) is 1.53. The van der Waals surface area contributed by atoms with E-state index in [0.29, 0.717) is 34.7 Å². The second-order valence-corrected chi connectivity index (χ2v) is 9.87. The number of rotatable bonds is 9. The maximum Gasteiger partial charge on any atom is 0.401 e. The number of nitrogens with one attached hydrogen (secondary N) is 2. The molecule has 40 heavy (non-hydrogen) atoms. The van der Waals surface area contributed by atoms with Gasteiger partial charge in [-0.2, -0.15) is 13.2 Å². The third-order valence-corrected chi connectivity index (χ3v) is 6.99. The Balaban J connectivity index is 1.08. The smallest absolute Gasteiger partial charge is 0.401 e. The predicted octanol–water partition coefficient (Wildman–Crippen LogP) is 5.33. The maximum atomic E-state index is 14.8. The first-order valence-corrected chi connectivity index (χ1v) is 12.5. The van der Waals surface area contributed by atoms with Crippen molar-refractivity contribution in [2.24, 2.45) is 0 Å². The summed E-state index contributed by atoms with van der Waals surface area (Å²) in [5.74, 6) is -1.05. The number of benzene rings is 1. The standard InChI is InChI=1S/C26H23F4N7O3/c1-39-23-19(13-37(35-23)17-4-5-17)33-24-31-11-16(12-32-24)14-2-3-15(18(27)8-14)9-22(38)34-21-10-20(40-36-21)25(6-7-25)26(28,29)30/h2-3,8,10-13,17H,4-7,9H2,1H3,(H,31,32,33)(H,34,36,38). The van der Waals surface area contributed by atoms with Crippen LogP contribution >= 0.6 is 0 Å². The molecule has 0 saturated heterocycles. The van der Waals surface area contributed by atoms with E-state index in [4.69, 9.17) is 9.26 Å². The molecule has 1 aromatic carbocycles. The van der Waals surface area contributed by atoms with Crippen LogP contribution in [-0.4, -0.2) is 44.1 Å². The molecule has 2 N–H and O–H groups in total. The lowest BCUT2D eigenvalue weighted by Gasteiger charge is -2.14. The Morgan fingerprint density at radius 3 is 2.55 bits per heavy atom. The van der Waals surface area contributed by atoms with Crippen molar-refractivity contribution in [3.63, 3.8) is 0 Å². The number of hydrogen-bond donors (Lipinski definition) is 2. The molecule has 0 unspecified atom stereocenters. The fourth-order valence-electron chi connectivity index (χ4n) is 4.38. The van der Waals surface area contributed by atoms with Gasteiger partial charge in [0.2, 0.25) is 11.9 Å². The molecular formula is C26H23F4N7O3. The van der Waals surface area contributed by atoms with Crippen molar-refractivity contribution < 1.29 is 31.6 Å². The zero-order valence-electron chi connectivity index (χ0n) is 21.1. The first kappa shape index (κ1) is 25.8. The summed E-state index contributed by atoms with van der Waals surface area (Å²) in [6.07, 6.45) is 2.04. The van der Waals surface area contributed by atoms with Crippen LogP contribution in [0.2, 0.25) is 0 Å². The van der Waals surface area contributed by atoms with E-state index in [2.05, 4.69) is 30.9 Å². The van der Waals surface area contributed by atoms with Gasteiger partial charge in [0.25, 0.3) is 5.88 Å². The van der Waals surface area contributed by atoms with Gasteiger partial charge >= 0.3 is 6.18 Å². The highest BCUT2D eigenvalue weighted by Gasteiger charge is 2.66. The fourth-order valence-corrected chi connectivity index (χ4v) is 4.38. The van der Waals surface area contributed by atoms with Gasteiger partial charge in [-0.3, -0.25) is 9.48 Å². The lowest BCUT2D eigenvalue weighted by Crippen LogP contribution is -2.28. The summed E-state index contributed by atoms with van der Waals surface area (Å²) in [6.45, 7) is 0.